The minimum atomic E-state index is -0.222. The molecule has 0 radical (unpaired) electrons. The highest BCUT2D eigenvalue weighted by molar-refractivity contribution is 6.01. The third kappa shape index (κ3) is 2.61. The van der Waals surface area contributed by atoms with Crippen LogP contribution in [0.1, 0.15) is 11.5 Å². The summed E-state index contributed by atoms with van der Waals surface area (Å²) in [6.07, 6.45) is 1.56. The zero-order valence-electron chi connectivity index (χ0n) is 15.0. The van der Waals surface area contributed by atoms with Crippen LogP contribution in [-0.4, -0.2) is 20.8 Å². The number of nitrogens with zero attached hydrogens (tertiary/aromatic N) is 4. The lowest BCUT2D eigenvalue weighted by Gasteiger charge is -2.09. The highest BCUT2D eigenvalue weighted by Gasteiger charge is 2.12. The summed E-state index contributed by atoms with van der Waals surface area (Å²) in [6.45, 7) is 1.87. The number of fused-ring (bicyclic) bond motifs is 4. The molecule has 0 saturated carbocycles. The Morgan fingerprint density at radius 1 is 1.00 bits per heavy atom. The summed E-state index contributed by atoms with van der Waals surface area (Å²) in [5, 5.41) is 10.8. The fourth-order valence-corrected chi connectivity index (χ4v) is 3.19. The molecule has 7 nitrogen and oxygen atoms in total. The van der Waals surface area contributed by atoms with Gasteiger partial charge in [-0.15, -0.1) is 5.10 Å². The van der Waals surface area contributed by atoms with E-state index in [9.17, 15) is 4.79 Å². The molecule has 3 aromatic heterocycles. The first-order valence-corrected chi connectivity index (χ1v) is 8.77. The number of rotatable bonds is 3. The first-order valence-electron chi connectivity index (χ1n) is 8.77. The first-order chi connectivity index (χ1) is 13.7. The van der Waals surface area contributed by atoms with Gasteiger partial charge in [0.05, 0.1) is 17.1 Å². The maximum absolute atomic E-state index is 13.0. The van der Waals surface area contributed by atoms with Gasteiger partial charge in [-0.2, -0.15) is 9.62 Å². The SMILES string of the molecule is Cc1ccc(/C=N\Nc2nn3c(=O)c4ccccc4nc3c3ccccc23)o1. The average Bonchev–Trinajstić information content (AvgIpc) is 3.14. The van der Waals surface area contributed by atoms with Crippen LogP contribution in [0.15, 0.2) is 75.0 Å². The number of aromatic nitrogens is 3. The summed E-state index contributed by atoms with van der Waals surface area (Å²) in [4.78, 5) is 17.6. The molecule has 28 heavy (non-hydrogen) atoms. The minimum absolute atomic E-state index is 0.222. The quantitative estimate of drug-likeness (QED) is 0.227. The molecule has 0 bridgehead atoms. The topological polar surface area (TPSA) is 84.8 Å². The van der Waals surface area contributed by atoms with Crippen LogP contribution in [0.2, 0.25) is 0 Å². The van der Waals surface area contributed by atoms with Crippen molar-refractivity contribution in [1.29, 1.82) is 0 Å². The lowest BCUT2D eigenvalue weighted by molar-refractivity contribution is 0.528. The van der Waals surface area contributed by atoms with Crippen molar-refractivity contribution in [3.05, 3.63) is 82.5 Å². The van der Waals surface area contributed by atoms with Crippen LogP contribution >= 0.6 is 0 Å². The molecule has 0 aliphatic rings. The number of anilines is 1. The van der Waals surface area contributed by atoms with Crippen LogP contribution in [0.25, 0.3) is 27.3 Å². The number of benzene rings is 2. The molecular weight excluding hydrogens is 354 g/mol. The number of para-hydroxylation sites is 1. The summed E-state index contributed by atoms with van der Waals surface area (Å²) in [5.74, 6) is 1.89. The van der Waals surface area contributed by atoms with Crippen molar-refractivity contribution in [3.8, 4) is 0 Å². The monoisotopic (exact) mass is 369 g/mol. The molecule has 0 atom stereocenters. The summed E-state index contributed by atoms with van der Waals surface area (Å²) in [6, 6.07) is 18.6. The second-order valence-electron chi connectivity index (χ2n) is 6.38. The van der Waals surface area contributed by atoms with Crippen LogP contribution < -0.4 is 11.0 Å². The molecular formula is C21H15N5O2. The Bertz CT molecular complexity index is 1430. The fourth-order valence-electron chi connectivity index (χ4n) is 3.19. The van der Waals surface area contributed by atoms with Crippen molar-refractivity contribution in [2.75, 3.05) is 5.43 Å². The van der Waals surface area contributed by atoms with Crippen LogP contribution in [-0.2, 0) is 0 Å². The lowest BCUT2D eigenvalue weighted by Crippen LogP contribution is -2.19. The third-order valence-electron chi connectivity index (χ3n) is 4.50. The number of aryl methyl sites for hydroxylation is 1. The van der Waals surface area contributed by atoms with Crippen LogP contribution in [0, 0.1) is 6.92 Å². The number of nitrogens with one attached hydrogen (secondary N) is 1. The van der Waals surface area contributed by atoms with E-state index in [2.05, 4.69) is 20.6 Å². The Balaban J connectivity index is 1.72. The van der Waals surface area contributed by atoms with E-state index in [0.717, 1.165) is 16.5 Å². The summed E-state index contributed by atoms with van der Waals surface area (Å²) in [7, 11) is 0. The van der Waals surface area contributed by atoms with E-state index in [1.54, 1.807) is 12.3 Å². The van der Waals surface area contributed by atoms with Crippen molar-refractivity contribution >= 4 is 39.4 Å². The van der Waals surface area contributed by atoms with E-state index in [1.165, 1.54) is 4.52 Å². The van der Waals surface area contributed by atoms with Gasteiger partial charge >= 0.3 is 0 Å². The normalized spacial score (nSPS) is 11.8. The number of hydrazone groups is 1. The predicted molar refractivity (Wildman–Crippen MR) is 109 cm³/mol. The minimum Gasteiger partial charge on any atom is -0.460 e. The molecule has 5 rings (SSSR count). The lowest BCUT2D eigenvalue weighted by atomic mass is 10.1. The van der Waals surface area contributed by atoms with Crippen molar-refractivity contribution in [2.45, 2.75) is 6.92 Å². The predicted octanol–water partition coefficient (Wildman–Crippen LogP) is 3.74. The zero-order chi connectivity index (χ0) is 19.1. The van der Waals surface area contributed by atoms with Gasteiger partial charge in [0.25, 0.3) is 5.56 Å². The van der Waals surface area contributed by atoms with Gasteiger partial charge < -0.3 is 4.42 Å². The molecule has 5 aromatic rings. The maximum atomic E-state index is 13.0. The molecule has 136 valence electrons. The van der Waals surface area contributed by atoms with Gasteiger partial charge in [0.1, 0.15) is 11.5 Å². The van der Waals surface area contributed by atoms with E-state index >= 15 is 0 Å². The smallest absolute Gasteiger partial charge is 0.282 e. The molecule has 0 aliphatic carbocycles. The van der Waals surface area contributed by atoms with E-state index in [0.29, 0.717) is 28.1 Å². The Kier molecular flexibility index (Phi) is 3.65. The third-order valence-corrected chi connectivity index (χ3v) is 4.50. The van der Waals surface area contributed by atoms with Gasteiger partial charge in [-0.3, -0.25) is 10.2 Å². The Labute approximate surface area is 158 Å². The Morgan fingerprint density at radius 3 is 2.54 bits per heavy atom. The van der Waals surface area contributed by atoms with Crippen molar-refractivity contribution < 1.29 is 4.42 Å². The van der Waals surface area contributed by atoms with E-state index in [-0.39, 0.29) is 5.56 Å². The van der Waals surface area contributed by atoms with E-state index in [1.807, 2.05) is 61.5 Å². The van der Waals surface area contributed by atoms with Crippen LogP contribution in [0.3, 0.4) is 0 Å². The van der Waals surface area contributed by atoms with E-state index in [4.69, 9.17) is 4.42 Å². The maximum Gasteiger partial charge on any atom is 0.282 e. The summed E-state index contributed by atoms with van der Waals surface area (Å²) in [5.41, 5.74) is 3.86. The van der Waals surface area contributed by atoms with Gasteiger partial charge in [0, 0.05) is 10.8 Å². The van der Waals surface area contributed by atoms with E-state index < -0.39 is 0 Å². The highest BCUT2D eigenvalue weighted by atomic mass is 16.3. The van der Waals surface area contributed by atoms with Gasteiger partial charge in [0.2, 0.25) is 0 Å². The van der Waals surface area contributed by atoms with Crippen molar-refractivity contribution in [2.24, 2.45) is 5.10 Å². The molecule has 3 heterocycles. The van der Waals surface area contributed by atoms with Gasteiger partial charge in [-0.1, -0.05) is 36.4 Å². The zero-order valence-corrected chi connectivity index (χ0v) is 15.0. The number of furan rings is 1. The Hall–Kier alpha value is -4.00. The molecule has 0 aliphatic heterocycles. The molecule has 7 heteroatoms. The molecule has 2 aromatic carbocycles. The Morgan fingerprint density at radius 2 is 1.75 bits per heavy atom. The summed E-state index contributed by atoms with van der Waals surface area (Å²) < 4.78 is 6.79. The molecule has 0 amide bonds. The average molecular weight is 369 g/mol. The number of hydrogen-bond donors (Lipinski definition) is 1. The van der Waals surface area contributed by atoms with Crippen LogP contribution in [0.5, 0.6) is 0 Å². The molecule has 1 N–H and O–H groups in total. The summed E-state index contributed by atoms with van der Waals surface area (Å²) >= 11 is 0. The van der Waals surface area contributed by atoms with Crippen LogP contribution in [0.4, 0.5) is 5.82 Å². The standard InChI is InChI=1S/C21H15N5O2/c1-13-10-11-14(28-13)12-22-24-19-15-6-2-3-7-16(15)20-23-18-9-5-4-8-17(18)21(27)26(20)25-19/h2-12H,1H3,(H,24,25)/b22-12-. The first kappa shape index (κ1) is 16.2. The molecule has 0 spiro atoms. The number of hydrogen-bond acceptors (Lipinski definition) is 6. The second kappa shape index (κ2) is 6.31. The van der Waals surface area contributed by atoms with Gasteiger partial charge in [0.15, 0.2) is 11.5 Å². The highest BCUT2D eigenvalue weighted by Crippen LogP contribution is 2.24. The molecule has 0 saturated heterocycles. The van der Waals surface area contributed by atoms with Crippen molar-refractivity contribution in [3.63, 3.8) is 0 Å². The molecule has 0 fully saturated rings. The van der Waals surface area contributed by atoms with Gasteiger partial charge in [-0.25, -0.2) is 4.98 Å². The van der Waals surface area contributed by atoms with Gasteiger partial charge in [-0.05, 0) is 31.2 Å². The second-order valence-corrected chi connectivity index (χ2v) is 6.38. The largest absolute Gasteiger partial charge is 0.460 e. The molecule has 0 unspecified atom stereocenters. The van der Waals surface area contributed by atoms with Crippen molar-refractivity contribution in [1.82, 2.24) is 14.6 Å². The fraction of sp³-hybridized carbons (Fsp3) is 0.0476.